The molecule has 5 aromatic rings. The Bertz CT molecular complexity index is 1570. The van der Waals surface area contributed by atoms with Gasteiger partial charge in [-0.05, 0) is 48.4 Å². The Hall–Kier alpha value is -4.07. The summed E-state index contributed by atoms with van der Waals surface area (Å²) in [5.74, 6) is -0.850. The molecule has 0 aliphatic rings. The predicted octanol–water partition coefficient (Wildman–Crippen LogP) is 6.03. The summed E-state index contributed by atoms with van der Waals surface area (Å²) in [4.78, 5) is 28.7. The largest absolute Gasteiger partial charge is 0.481 e. The van der Waals surface area contributed by atoms with E-state index < -0.39 is 17.4 Å². The number of carbonyl (C=O) groups excluding carboxylic acids is 1. The van der Waals surface area contributed by atoms with Gasteiger partial charge in [-0.15, -0.1) is 0 Å². The van der Waals surface area contributed by atoms with E-state index in [0.717, 1.165) is 38.8 Å². The van der Waals surface area contributed by atoms with Crippen LogP contribution in [0.3, 0.4) is 0 Å². The molecule has 0 saturated heterocycles. The van der Waals surface area contributed by atoms with Crippen LogP contribution in [0.1, 0.15) is 36.1 Å². The van der Waals surface area contributed by atoms with E-state index in [0.29, 0.717) is 18.0 Å². The van der Waals surface area contributed by atoms with Gasteiger partial charge < -0.3 is 19.8 Å². The fourth-order valence-electron chi connectivity index (χ4n) is 4.95. The molecule has 2 heterocycles. The number of carbonyl (C=O) groups is 2. The molecule has 0 aliphatic carbocycles. The second-order valence-corrected chi connectivity index (χ2v) is 10.5. The number of aromatic amines is 1. The van der Waals surface area contributed by atoms with Gasteiger partial charge in [0.1, 0.15) is 11.3 Å². The number of fused-ring (bicyclic) bond motifs is 2. The third kappa shape index (κ3) is 6.16. The van der Waals surface area contributed by atoms with Crippen molar-refractivity contribution in [3.05, 3.63) is 107 Å². The number of hydrogen-bond donors (Lipinski definition) is 4. The van der Waals surface area contributed by atoms with Crippen LogP contribution in [0, 0.1) is 0 Å². The first-order valence-electron chi connectivity index (χ1n) is 12.8. The van der Waals surface area contributed by atoms with Crippen LogP contribution >= 0.6 is 11.6 Å². The highest BCUT2D eigenvalue weighted by atomic mass is 35.5. The second kappa shape index (κ2) is 11.4. The molecule has 2 atom stereocenters. The Morgan fingerprint density at radius 2 is 1.79 bits per heavy atom. The van der Waals surface area contributed by atoms with Crippen molar-refractivity contribution >= 4 is 45.3 Å². The number of aliphatic carboxylic acids is 1. The van der Waals surface area contributed by atoms with Crippen molar-refractivity contribution in [3.63, 3.8) is 0 Å². The van der Waals surface area contributed by atoms with E-state index >= 15 is 0 Å². The Labute approximate surface area is 231 Å². The van der Waals surface area contributed by atoms with E-state index in [-0.39, 0.29) is 18.9 Å². The average molecular weight is 544 g/mol. The number of H-pyrrole nitrogens is 1. The number of amides is 1. The van der Waals surface area contributed by atoms with Crippen LogP contribution in [0.5, 0.6) is 0 Å². The zero-order valence-electron chi connectivity index (χ0n) is 21.5. The fourth-order valence-corrected chi connectivity index (χ4v) is 5.08. The van der Waals surface area contributed by atoms with Gasteiger partial charge >= 0.3 is 5.97 Å². The number of para-hydroxylation sites is 2. The summed E-state index contributed by atoms with van der Waals surface area (Å²) in [6.07, 6.45) is 2.22. The summed E-state index contributed by atoms with van der Waals surface area (Å²) in [7, 11) is 0. The topological polar surface area (TPSA) is 107 Å². The monoisotopic (exact) mass is 543 g/mol. The number of rotatable bonds is 11. The van der Waals surface area contributed by atoms with Gasteiger partial charge in [-0.25, -0.2) is 0 Å². The second-order valence-electron chi connectivity index (χ2n) is 10.0. The summed E-state index contributed by atoms with van der Waals surface area (Å²) in [5, 5.41) is 18.6. The van der Waals surface area contributed by atoms with Gasteiger partial charge in [0, 0.05) is 46.4 Å². The molecular formula is C31H30ClN3O4. The summed E-state index contributed by atoms with van der Waals surface area (Å²) >= 11 is 6.03. The van der Waals surface area contributed by atoms with Crippen LogP contribution in [0.15, 0.2) is 89.5 Å². The summed E-state index contributed by atoms with van der Waals surface area (Å²) < 4.78 is 5.98. The maximum Gasteiger partial charge on any atom is 0.304 e. The van der Waals surface area contributed by atoms with E-state index in [2.05, 4.69) is 15.6 Å². The van der Waals surface area contributed by atoms with Crippen LogP contribution in [0.25, 0.3) is 21.9 Å². The molecule has 5 rings (SSSR count). The Kier molecular flexibility index (Phi) is 7.72. The maximum atomic E-state index is 13.8. The zero-order chi connectivity index (χ0) is 27.4. The van der Waals surface area contributed by atoms with Gasteiger partial charge in [0.05, 0.1) is 18.5 Å². The summed E-state index contributed by atoms with van der Waals surface area (Å²) in [6, 6.07) is 24.8. The number of benzene rings is 3. The van der Waals surface area contributed by atoms with Crippen LogP contribution in [0.4, 0.5) is 0 Å². The lowest BCUT2D eigenvalue weighted by Gasteiger charge is -2.30. The van der Waals surface area contributed by atoms with E-state index in [4.69, 9.17) is 16.0 Å². The molecule has 7 nitrogen and oxygen atoms in total. The molecule has 0 radical (unpaired) electrons. The normalized spacial score (nSPS) is 13.8. The van der Waals surface area contributed by atoms with Gasteiger partial charge in [-0.3, -0.25) is 14.9 Å². The lowest BCUT2D eigenvalue weighted by Crippen LogP contribution is -2.56. The molecule has 2 unspecified atom stereocenters. The first-order chi connectivity index (χ1) is 18.8. The van der Waals surface area contributed by atoms with E-state index in [1.807, 2.05) is 67.7 Å². The molecular weight excluding hydrogens is 514 g/mol. The fraction of sp³-hybridized carbons (Fsp3) is 0.226. The Morgan fingerprint density at radius 3 is 2.56 bits per heavy atom. The number of halogens is 1. The van der Waals surface area contributed by atoms with Crippen molar-refractivity contribution < 1.29 is 19.1 Å². The molecule has 0 spiro atoms. The van der Waals surface area contributed by atoms with E-state index in [9.17, 15) is 14.7 Å². The van der Waals surface area contributed by atoms with E-state index in [1.54, 1.807) is 24.3 Å². The number of carboxylic acid groups (broad SMARTS) is 1. The van der Waals surface area contributed by atoms with Crippen LogP contribution in [-0.4, -0.2) is 34.1 Å². The minimum atomic E-state index is -1.02. The third-order valence-corrected chi connectivity index (χ3v) is 7.37. The quantitative estimate of drug-likeness (QED) is 0.163. The third-order valence-electron chi connectivity index (χ3n) is 7.12. The van der Waals surface area contributed by atoms with Crippen molar-refractivity contribution in [3.8, 4) is 0 Å². The van der Waals surface area contributed by atoms with Gasteiger partial charge in [-0.1, -0.05) is 60.1 Å². The maximum absolute atomic E-state index is 13.8. The average Bonchev–Trinajstić information content (AvgIpc) is 3.54. The molecule has 0 saturated carbocycles. The Morgan fingerprint density at radius 1 is 1.05 bits per heavy atom. The van der Waals surface area contributed by atoms with Crippen molar-refractivity contribution in [1.82, 2.24) is 15.6 Å². The lowest BCUT2D eigenvalue weighted by atomic mass is 9.90. The predicted molar refractivity (Wildman–Crippen MR) is 153 cm³/mol. The van der Waals surface area contributed by atoms with Gasteiger partial charge in [-0.2, -0.15) is 0 Å². The molecule has 0 bridgehead atoms. The molecule has 1 amide bonds. The molecule has 0 aliphatic heterocycles. The van der Waals surface area contributed by atoms with Crippen LogP contribution in [-0.2, 0) is 22.6 Å². The first kappa shape index (κ1) is 26.5. The van der Waals surface area contributed by atoms with Gasteiger partial charge in [0.25, 0.3) is 0 Å². The van der Waals surface area contributed by atoms with E-state index in [1.165, 1.54) is 0 Å². The number of hydrogen-bond acceptors (Lipinski definition) is 4. The van der Waals surface area contributed by atoms with Crippen LogP contribution in [0.2, 0.25) is 5.02 Å². The Balaban J connectivity index is 1.38. The number of nitrogens with one attached hydrogen (secondary N) is 3. The minimum Gasteiger partial charge on any atom is -0.481 e. The number of carboxylic acids is 1. The lowest BCUT2D eigenvalue weighted by molar-refractivity contribution is -0.137. The van der Waals surface area contributed by atoms with Crippen molar-refractivity contribution in [2.45, 2.75) is 37.8 Å². The standard InChI is InChI=1S/C31H30ClN3O4/c1-31(16-23-18-33-27-8-4-3-7-26(23)27,35-19-25-14-21-6-2-5-9-28(21)39-25)30(38)34-17-22(15-29(36)37)20-10-12-24(32)13-11-20/h2-14,18,22,33,35H,15-17,19H2,1H3,(H,34,38)(H,36,37). The molecule has 39 heavy (non-hydrogen) atoms. The highest BCUT2D eigenvalue weighted by Gasteiger charge is 2.34. The molecule has 8 heteroatoms. The van der Waals surface area contributed by atoms with Gasteiger partial charge in [0.15, 0.2) is 0 Å². The minimum absolute atomic E-state index is 0.118. The van der Waals surface area contributed by atoms with Crippen molar-refractivity contribution in [1.29, 1.82) is 0 Å². The molecule has 2 aromatic heterocycles. The number of aromatic nitrogens is 1. The molecule has 200 valence electrons. The van der Waals surface area contributed by atoms with Gasteiger partial charge in [0.2, 0.25) is 5.91 Å². The zero-order valence-corrected chi connectivity index (χ0v) is 22.3. The van der Waals surface area contributed by atoms with Crippen molar-refractivity contribution in [2.24, 2.45) is 0 Å². The highest BCUT2D eigenvalue weighted by Crippen LogP contribution is 2.26. The smallest absolute Gasteiger partial charge is 0.304 e. The summed E-state index contributed by atoms with van der Waals surface area (Å²) in [5.41, 5.74) is 2.57. The van der Waals surface area contributed by atoms with Crippen molar-refractivity contribution in [2.75, 3.05) is 6.54 Å². The molecule has 3 aromatic carbocycles. The SMILES string of the molecule is CC(Cc1c[nH]c2ccccc12)(NCc1cc2ccccc2o1)C(=O)NCC(CC(=O)O)c1ccc(Cl)cc1. The van der Waals surface area contributed by atoms with Crippen LogP contribution < -0.4 is 10.6 Å². The summed E-state index contributed by atoms with van der Waals surface area (Å²) in [6.45, 7) is 2.38. The molecule has 0 fully saturated rings. The number of furan rings is 1. The molecule has 4 N–H and O–H groups in total. The first-order valence-corrected chi connectivity index (χ1v) is 13.2. The highest BCUT2D eigenvalue weighted by molar-refractivity contribution is 6.30.